The zero-order valence-electron chi connectivity index (χ0n) is 7.77. The van der Waals surface area contributed by atoms with Crippen molar-refractivity contribution < 1.29 is 17.6 Å². The summed E-state index contributed by atoms with van der Waals surface area (Å²) in [6.07, 6.45) is -4.46. The van der Waals surface area contributed by atoms with Gasteiger partial charge in [0, 0.05) is 12.4 Å². The molecule has 5 heteroatoms. The summed E-state index contributed by atoms with van der Waals surface area (Å²) >= 11 is 0. The van der Waals surface area contributed by atoms with Gasteiger partial charge in [-0.2, -0.15) is 13.2 Å². The molecule has 0 amide bonds. The molecule has 1 aromatic heterocycles. The molecule has 0 N–H and O–H groups in total. The lowest BCUT2D eigenvalue weighted by Gasteiger charge is -2.07. The minimum atomic E-state index is -4.46. The largest absolute Gasteiger partial charge is 0.431 e. The molecule has 1 heterocycles. The van der Waals surface area contributed by atoms with Crippen LogP contribution in [0.5, 0.6) is 0 Å². The highest BCUT2D eigenvalue weighted by atomic mass is 19.4. The molecule has 1 nitrogen and oxygen atoms in total. The van der Waals surface area contributed by atoms with Crippen molar-refractivity contribution in [1.82, 2.24) is 4.57 Å². The van der Waals surface area contributed by atoms with Crippen molar-refractivity contribution >= 4 is 10.9 Å². The van der Waals surface area contributed by atoms with Crippen LogP contribution in [0.4, 0.5) is 17.6 Å². The van der Waals surface area contributed by atoms with Gasteiger partial charge >= 0.3 is 6.18 Å². The van der Waals surface area contributed by atoms with Crippen LogP contribution in [0, 0.1) is 5.82 Å². The van der Waals surface area contributed by atoms with E-state index < -0.39 is 17.7 Å². The number of benzene rings is 1. The minimum absolute atomic E-state index is 0.0233. The van der Waals surface area contributed by atoms with E-state index in [1.54, 1.807) is 0 Å². The highest BCUT2D eigenvalue weighted by Crippen LogP contribution is 2.33. The Morgan fingerprint density at radius 2 is 1.87 bits per heavy atom. The molecule has 80 valence electrons. The number of aryl methyl sites for hydroxylation is 1. The Morgan fingerprint density at radius 1 is 1.20 bits per heavy atom. The molecule has 0 fully saturated rings. The number of fused-ring (bicyclic) bond motifs is 1. The van der Waals surface area contributed by atoms with E-state index in [1.165, 1.54) is 19.2 Å². The van der Waals surface area contributed by atoms with Gasteiger partial charge in [-0.3, -0.25) is 0 Å². The second-order valence-electron chi connectivity index (χ2n) is 3.26. The molecule has 0 saturated carbocycles. The first-order valence-corrected chi connectivity index (χ1v) is 4.22. The predicted molar refractivity (Wildman–Crippen MR) is 47.9 cm³/mol. The molecule has 0 spiro atoms. The fourth-order valence-electron chi connectivity index (χ4n) is 1.64. The number of aromatic nitrogens is 1. The van der Waals surface area contributed by atoms with Crippen LogP contribution < -0.4 is 0 Å². The Balaban J connectivity index is 2.82. The summed E-state index contributed by atoms with van der Waals surface area (Å²) in [5.41, 5.74) is -0.868. The number of alkyl halides is 3. The lowest BCUT2D eigenvalue weighted by molar-refractivity contribution is -0.142. The third-order valence-corrected chi connectivity index (χ3v) is 2.30. The zero-order chi connectivity index (χ0) is 11.2. The van der Waals surface area contributed by atoms with Crippen molar-refractivity contribution in [3.63, 3.8) is 0 Å². The first-order chi connectivity index (χ1) is 6.91. The van der Waals surface area contributed by atoms with Crippen LogP contribution in [0.25, 0.3) is 10.9 Å². The van der Waals surface area contributed by atoms with Crippen molar-refractivity contribution in [2.45, 2.75) is 6.18 Å². The fraction of sp³-hybridized carbons (Fsp3) is 0.200. The second kappa shape index (κ2) is 2.98. The lowest BCUT2D eigenvalue weighted by Crippen LogP contribution is -2.10. The number of nitrogens with zero attached hydrogens (tertiary/aromatic N) is 1. The molecule has 0 bridgehead atoms. The van der Waals surface area contributed by atoms with Crippen molar-refractivity contribution in [3.05, 3.63) is 35.8 Å². The van der Waals surface area contributed by atoms with Crippen LogP contribution in [0.1, 0.15) is 5.69 Å². The van der Waals surface area contributed by atoms with E-state index >= 15 is 0 Å². The maximum Gasteiger partial charge on any atom is 0.431 e. The molecule has 0 aliphatic carbocycles. The highest BCUT2D eigenvalue weighted by Gasteiger charge is 2.34. The molecule has 2 aromatic rings. The number of rotatable bonds is 0. The van der Waals surface area contributed by atoms with Gasteiger partial charge in [0.2, 0.25) is 0 Å². The zero-order valence-corrected chi connectivity index (χ0v) is 7.77. The summed E-state index contributed by atoms with van der Waals surface area (Å²) < 4.78 is 51.5. The smallest absolute Gasteiger partial charge is 0.338 e. The normalized spacial score (nSPS) is 12.3. The third kappa shape index (κ3) is 1.48. The van der Waals surface area contributed by atoms with Crippen LogP contribution in [0.15, 0.2) is 24.3 Å². The van der Waals surface area contributed by atoms with Gasteiger partial charge in [-0.15, -0.1) is 0 Å². The van der Waals surface area contributed by atoms with Crippen molar-refractivity contribution in [2.75, 3.05) is 0 Å². The number of hydrogen-bond acceptors (Lipinski definition) is 0. The SMILES string of the molecule is Cn1c(C(F)(F)F)cc2cccc(F)c21. The highest BCUT2D eigenvalue weighted by molar-refractivity contribution is 5.82. The van der Waals surface area contributed by atoms with E-state index in [1.807, 2.05) is 0 Å². The van der Waals surface area contributed by atoms with E-state index in [0.29, 0.717) is 0 Å². The second-order valence-corrected chi connectivity index (χ2v) is 3.26. The summed E-state index contributed by atoms with van der Waals surface area (Å²) in [6.45, 7) is 0. The Labute approximate surface area is 82.9 Å². The maximum atomic E-state index is 13.3. The van der Waals surface area contributed by atoms with E-state index in [4.69, 9.17) is 0 Å². The average molecular weight is 217 g/mol. The monoisotopic (exact) mass is 217 g/mol. The lowest BCUT2D eigenvalue weighted by atomic mass is 10.2. The van der Waals surface area contributed by atoms with Gasteiger partial charge in [0.15, 0.2) is 0 Å². The van der Waals surface area contributed by atoms with Gasteiger partial charge in [0.1, 0.15) is 11.5 Å². The topological polar surface area (TPSA) is 4.93 Å². The van der Waals surface area contributed by atoms with E-state index in [9.17, 15) is 17.6 Å². The molecule has 1 aromatic carbocycles. The van der Waals surface area contributed by atoms with E-state index in [2.05, 4.69) is 0 Å². The molecule has 0 unspecified atom stereocenters. The van der Waals surface area contributed by atoms with Gasteiger partial charge in [-0.1, -0.05) is 12.1 Å². The fourth-order valence-corrected chi connectivity index (χ4v) is 1.64. The Hall–Kier alpha value is -1.52. The van der Waals surface area contributed by atoms with Gasteiger partial charge in [0.05, 0.1) is 5.52 Å². The summed E-state index contributed by atoms with van der Waals surface area (Å²) in [5.74, 6) is -0.648. The van der Waals surface area contributed by atoms with Crippen LogP contribution >= 0.6 is 0 Å². The molecule has 15 heavy (non-hydrogen) atoms. The first kappa shape index (κ1) is 10.0. The molecule has 0 radical (unpaired) electrons. The standard InChI is InChI=1S/C10H7F4N/c1-15-8(10(12,13)14)5-6-3-2-4-7(11)9(6)15/h2-5H,1H3. The molecule has 0 saturated heterocycles. The van der Waals surface area contributed by atoms with E-state index in [-0.39, 0.29) is 10.9 Å². The van der Waals surface area contributed by atoms with Gasteiger partial charge in [-0.05, 0) is 12.1 Å². The molecular weight excluding hydrogens is 210 g/mol. The number of para-hydroxylation sites is 1. The van der Waals surface area contributed by atoms with Crippen LogP contribution in [-0.2, 0) is 13.2 Å². The minimum Gasteiger partial charge on any atom is -0.338 e. The molecule has 0 aliphatic heterocycles. The van der Waals surface area contributed by atoms with Crippen molar-refractivity contribution in [2.24, 2.45) is 7.05 Å². The van der Waals surface area contributed by atoms with Crippen molar-refractivity contribution in [1.29, 1.82) is 0 Å². The van der Waals surface area contributed by atoms with Crippen LogP contribution in [0.2, 0.25) is 0 Å². The van der Waals surface area contributed by atoms with Gasteiger partial charge in [-0.25, -0.2) is 4.39 Å². The Morgan fingerprint density at radius 3 is 2.40 bits per heavy atom. The first-order valence-electron chi connectivity index (χ1n) is 4.22. The van der Waals surface area contributed by atoms with Gasteiger partial charge in [0.25, 0.3) is 0 Å². The summed E-state index contributed by atoms with van der Waals surface area (Å²) in [6, 6.07) is 4.92. The van der Waals surface area contributed by atoms with Gasteiger partial charge < -0.3 is 4.57 Å². The average Bonchev–Trinajstić information content (AvgIpc) is 2.44. The summed E-state index contributed by atoms with van der Waals surface area (Å²) in [7, 11) is 1.20. The Kier molecular flexibility index (Phi) is 1.99. The number of halogens is 4. The summed E-state index contributed by atoms with van der Waals surface area (Å²) in [4.78, 5) is 0. The summed E-state index contributed by atoms with van der Waals surface area (Å²) in [5, 5.41) is 0.254. The van der Waals surface area contributed by atoms with Crippen molar-refractivity contribution in [3.8, 4) is 0 Å². The van der Waals surface area contributed by atoms with Crippen LogP contribution in [0.3, 0.4) is 0 Å². The molecule has 0 atom stereocenters. The van der Waals surface area contributed by atoms with E-state index in [0.717, 1.165) is 16.7 Å². The third-order valence-electron chi connectivity index (χ3n) is 2.30. The maximum absolute atomic E-state index is 13.3. The molecule has 2 rings (SSSR count). The predicted octanol–water partition coefficient (Wildman–Crippen LogP) is 3.34. The quantitative estimate of drug-likeness (QED) is 0.596. The molecule has 0 aliphatic rings. The molecular formula is C10H7F4N. The Bertz CT molecular complexity index is 510. The number of hydrogen-bond donors (Lipinski definition) is 0. The van der Waals surface area contributed by atoms with Crippen LogP contribution in [-0.4, -0.2) is 4.57 Å².